The van der Waals surface area contributed by atoms with Gasteiger partial charge in [0.05, 0.1) is 19.1 Å². The molecule has 2 atom stereocenters. The fourth-order valence-electron chi connectivity index (χ4n) is 2.89. The first kappa shape index (κ1) is 16.2. The number of nitrogens with one attached hydrogen (secondary N) is 2. The molecule has 0 aromatic carbocycles. The molecule has 0 saturated carbocycles. The van der Waals surface area contributed by atoms with Crippen LogP contribution in [0.4, 0.5) is 0 Å². The molecular weight excluding hydrogens is 270 g/mol. The van der Waals surface area contributed by atoms with E-state index in [2.05, 4.69) is 17.6 Å². The SMILES string of the molecule is CCCNC1COCC1C(=O)NCCC(=O)N1CCCC1. The molecule has 2 unspecified atom stereocenters. The van der Waals surface area contributed by atoms with Gasteiger partial charge in [-0.15, -0.1) is 0 Å². The lowest BCUT2D eigenvalue weighted by Crippen LogP contribution is -2.45. The summed E-state index contributed by atoms with van der Waals surface area (Å²) in [6.07, 6.45) is 3.63. The summed E-state index contributed by atoms with van der Waals surface area (Å²) in [6, 6.07) is 0.0965. The largest absolute Gasteiger partial charge is 0.379 e. The van der Waals surface area contributed by atoms with E-state index in [1.807, 2.05) is 4.90 Å². The molecule has 2 aliphatic rings. The normalized spacial score (nSPS) is 25.3. The minimum atomic E-state index is -0.140. The number of ether oxygens (including phenoxy) is 1. The van der Waals surface area contributed by atoms with Gasteiger partial charge in [0.2, 0.25) is 11.8 Å². The third kappa shape index (κ3) is 4.68. The Morgan fingerprint density at radius 1 is 1.19 bits per heavy atom. The number of likely N-dealkylation sites (tertiary alicyclic amines) is 1. The van der Waals surface area contributed by atoms with Crippen LogP contribution < -0.4 is 10.6 Å². The van der Waals surface area contributed by atoms with Crippen LogP contribution in [0.5, 0.6) is 0 Å². The Morgan fingerprint density at radius 3 is 2.67 bits per heavy atom. The molecule has 2 N–H and O–H groups in total. The van der Waals surface area contributed by atoms with Crippen molar-refractivity contribution < 1.29 is 14.3 Å². The van der Waals surface area contributed by atoms with E-state index in [9.17, 15) is 9.59 Å². The third-order valence-corrected chi connectivity index (χ3v) is 4.17. The molecule has 0 bridgehead atoms. The molecule has 6 heteroatoms. The molecule has 0 aromatic rings. The van der Waals surface area contributed by atoms with Gasteiger partial charge >= 0.3 is 0 Å². The van der Waals surface area contributed by atoms with Crippen LogP contribution in [0, 0.1) is 5.92 Å². The smallest absolute Gasteiger partial charge is 0.227 e. The highest BCUT2D eigenvalue weighted by atomic mass is 16.5. The van der Waals surface area contributed by atoms with Gasteiger partial charge < -0.3 is 20.3 Å². The highest BCUT2D eigenvalue weighted by Crippen LogP contribution is 2.14. The molecule has 2 rings (SSSR count). The quantitative estimate of drug-likeness (QED) is 0.701. The van der Waals surface area contributed by atoms with Crippen molar-refractivity contribution >= 4 is 11.8 Å². The first-order valence-corrected chi connectivity index (χ1v) is 8.09. The predicted molar refractivity (Wildman–Crippen MR) is 79.8 cm³/mol. The van der Waals surface area contributed by atoms with E-state index in [-0.39, 0.29) is 23.8 Å². The van der Waals surface area contributed by atoms with E-state index in [1.165, 1.54) is 0 Å². The average molecular weight is 297 g/mol. The zero-order valence-corrected chi connectivity index (χ0v) is 12.9. The van der Waals surface area contributed by atoms with Crippen molar-refractivity contribution in [3.05, 3.63) is 0 Å². The van der Waals surface area contributed by atoms with E-state index in [0.29, 0.717) is 26.2 Å². The minimum Gasteiger partial charge on any atom is -0.379 e. The van der Waals surface area contributed by atoms with Crippen molar-refractivity contribution in [1.82, 2.24) is 15.5 Å². The average Bonchev–Trinajstić information content (AvgIpc) is 3.15. The summed E-state index contributed by atoms with van der Waals surface area (Å²) in [7, 11) is 0. The number of hydrogen-bond acceptors (Lipinski definition) is 4. The van der Waals surface area contributed by atoms with Gasteiger partial charge in [0, 0.05) is 32.1 Å². The second kappa shape index (κ2) is 8.34. The van der Waals surface area contributed by atoms with Gasteiger partial charge in [-0.1, -0.05) is 6.92 Å². The fourth-order valence-corrected chi connectivity index (χ4v) is 2.89. The van der Waals surface area contributed by atoms with Gasteiger partial charge in [-0.3, -0.25) is 9.59 Å². The predicted octanol–water partition coefficient (Wildman–Crippen LogP) is 0.130. The van der Waals surface area contributed by atoms with Crippen LogP contribution in [0.25, 0.3) is 0 Å². The fraction of sp³-hybridized carbons (Fsp3) is 0.867. The summed E-state index contributed by atoms with van der Waals surface area (Å²) in [5.41, 5.74) is 0. The summed E-state index contributed by atoms with van der Waals surface area (Å²) >= 11 is 0. The summed E-state index contributed by atoms with van der Waals surface area (Å²) in [4.78, 5) is 25.9. The van der Waals surface area contributed by atoms with Gasteiger partial charge in [-0.25, -0.2) is 0 Å². The Bertz CT molecular complexity index is 356. The van der Waals surface area contributed by atoms with Crippen molar-refractivity contribution in [3.63, 3.8) is 0 Å². The molecule has 2 saturated heterocycles. The Hall–Kier alpha value is -1.14. The highest BCUT2D eigenvalue weighted by Gasteiger charge is 2.33. The van der Waals surface area contributed by atoms with E-state index in [4.69, 9.17) is 4.74 Å². The van der Waals surface area contributed by atoms with Crippen molar-refractivity contribution in [2.24, 2.45) is 5.92 Å². The van der Waals surface area contributed by atoms with Crippen LogP contribution in [0.15, 0.2) is 0 Å². The van der Waals surface area contributed by atoms with Crippen molar-refractivity contribution in [2.75, 3.05) is 39.4 Å². The van der Waals surface area contributed by atoms with E-state index < -0.39 is 0 Å². The Labute approximate surface area is 126 Å². The second-order valence-electron chi connectivity index (χ2n) is 5.83. The van der Waals surface area contributed by atoms with Gasteiger partial charge in [-0.2, -0.15) is 0 Å². The summed E-state index contributed by atoms with van der Waals surface area (Å²) < 4.78 is 5.40. The number of carbonyl (C=O) groups is 2. The molecule has 2 fully saturated rings. The number of nitrogens with zero attached hydrogens (tertiary/aromatic N) is 1. The lowest BCUT2D eigenvalue weighted by Gasteiger charge is -2.19. The second-order valence-corrected chi connectivity index (χ2v) is 5.83. The summed E-state index contributed by atoms with van der Waals surface area (Å²) in [6.45, 7) is 6.20. The third-order valence-electron chi connectivity index (χ3n) is 4.17. The number of rotatable bonds is 7. The molecule has 0 spiro atoms. The van der Waals surface area contributed by atoms with Crippen molar-refractivity contribution in [2.45, 2.75) is 38.6 Å². The van der Waals surface area contributed by atoms with Crippen LogP contribution in [-0.2, 0) is 14.3 Å². The molecule has 6 nitrogen and oxygen atoms in total. The molecule has 0 aliphatic carbocycles. The monoisotopic (exact) mass is 297 g/mol. The lowest BCUT2D eigenvalue weighted by molar-refractivity contribution is -0.130. The van der Waals surface area contributed by atoms with Crippen LogP contribution >= 0.6 is 0 Å². The highest BCUT2D eigenvalue weighted by molar-refractivity contribution is 5.81. The number of hydrogen-bond donors (Lipinski definition) is 2. The zero-order chi connectivity index (χ0) is 15.1. The van der Waals surface area contributed by atoms with Crippen molar-refractivity contribution in [3.8, 4) is 0 Å². The number of amides is 2. The van der Waals surface area contributed by atoms with Crippen molar-refractivity contribution in [1.29, 1.82) is 0 Å². The molecular formula is C15H27N3O3. The Balaban J connectivity index is 1.67. The maximum atomic E-state index is 12.2. The molecule has 2 amide bonds. The molecule has 120 valence electrons. The molecule has 0 radical (unpaired) electrons. The van der Waals surface area contributed by atoms with Gasteiger partial charge in [0.25, 0.3) is 0 Å². The number of carbonyl (C=O) groups excluding carboxylic acids is 2. The Morgan fingerprint density at radius 2 is 1.95 bits per heavy atom. The summed E-state index contributed by atoms with van der Waals surface area (Å²) in [5, 5.41) is 6.22. The van der Waals surface area contributed by atoms with Gasteiger partial charge in [-0.05, 0) is 25.8 Å². The van der Waals surface area contributed by atoms with Crippen LogP contribution in [0.3, 0.4) is 0 Å². The van der Waals surface area contributed by atoms with Crippen LogP contribution in [0.1, 0.15) is 32.6 Å². The topological polar surface area (TPSA) is 70.7 Å². The lowest BCUT2D eigenvalue weighted by atomic mass is 10.0. The van der Waals surface area contributed by atoms with Gasteiger partial charge in [0.15, 0.2) is 0 Å². The standard InChI is InChI=1S/C15H27N3O3/c1-2-6-16-13-11-21-10-12(13)15(20)17-7-5-14(19)18-8-3-4-9-18/h12-13,16H,2-11H2,1H3,(H,17,20). The van der Waals surface area contributed by atoms with Crippen LogP contribution in [-0.4, -0.2) is 62.1 Å². The van der Waals surface area contributed by atoms with E-state index >= 15 is 0 Å². The molecule has 2 aliphatic heterocycles. The first-order valence-electron chi connectivity index (χ1n) is 8.09. The van der Waals surface area contributed by atoms with Crippen LogP contribution in [0.2, 0.25) is 0 Å². The van der Waals surface area contributed by atoms with E-state index in [1.54, 1.807) is 0 Å². The molecule has 21 heavy (non-hydrogen) atoms. The molecule has 0 aromatic heterocycles. The maximum absolute atomic E-state index is 12.2. The summed E-state index contributed by atoms with van der Waals surface area (Å²) in [5.74, 6) is 0.00453. The van der Waals surface area contributed by atoms with Gasteiger partial charge in [0.1, 0.15) is 0 Å². The Kier molecular flexibility index (Phi) is 6.45. The maximum Gasteiger partial charge on any atom is 0.227 e. The van der Waals surface area contributed by atoms with E-state index in [0.717, 1.165) is 38.9 Å². The molecule has 2 heterocycles. The zero-order valence-electron chi connectivity index (χ0n) is 12.9. The first-order chi connectivity index (χ1) is 10.2. The minimum absolute atomic E-state index is 0.00433.